The molecule has 2 heterocycles. The summed E-state index contributed by atoms with van der Waals surface area (Å²) in [5.41, 5.74) is 3.85. The van der Waals surface area contributed by atoms with E-state index in [0.29, 0.717) is 19.0 Å². The number of amides is 2. The lowest BCUT2D eigenvalue weighted by molar-refractivity contribution is -0.136. The van der Waals surface area contributed by atoms with Gasteiger partial charge in [0.25, 0.3) is 5.91 Å². The van der Waals surface area contributed by atoms with Gasteiger partial charge in [-0.15, -0.1) is 0 Å². The van der Waals surface area contributed by atoms with Gasteiger partial charge in [-0.2, -0.15) is 12.7 Å². The molecule has 1 aliphatic heterocycles. The van der Waals surface area contributed by atoms with Crippen LogP contribution in [-0.2, 0) is 26.3 Å². The van der Waals surface area contributed by atoms with E-state index in [0.717, 1.165) is 70.7 Å². The highest BCUT2D eigenvalue weighted by atomic mass is 32.2. The molecule has 2 bridgehead atoms. The molecule has 1 N–H and O–H groups in total. The Labute approximate surface area is 259 Å². The van der Waals surface area contributed by atoms with Crippen molar-refractivity contribution in [3.63, 3.8) is 0 Å². The van der Waals surface area contributed by atoms with Crippen LogP contribution in [0.25, 0.3) is 22.2 Å². The number of rotatable bonds is 3. The number of hydrogen-bond donors (Lipinski definition) is 1. The summed E-state index contributed by atoms with van der Waals surface area (Å²) >= 11 is 0. The van der Waals surface area contributed by atoms with Crippen molar-refractivity contribution in [1.82, 2.24) is 18.5 Å². The van der Waals surface area contributed by atoms with Crippen LogP contribution in [0, 0.1) is 5.41 Å². The summed E-state index contributed by atoms with van der Waals surface area (Å²) in [6, 6.07) is 13.5. The van der Waals surface area contributed by atoms with Gasteiger partial charge < -0.3 is 18.9 Å². The van der Waals surface area contributed by atoms with Gasteiger partial charge in [-0.1, -0.05) is 25.3 Å². The number of fused-ring (bicyclic) bond motifs is 1. The molecule has 11 heteroatoms. The molecule has 1 spiro atoms. The van der Waals surface area contributed by atoms with Gasteiger partial charge in [0.2, 0.25) is 5.91 Å². The summed E-state index contributed by atoms with van der Waals surface area (Å²) in [5, 5.41) is 1.04. The molecule has 2 aliphatic carbocycles. The van der Waals surface area contributed by atoms with Crippen molar-refractivity contribution in [3.8, 4) is 17.0 Å². The highest BCUT2D eigenvalue weighted by Gasteiger charge is 2.52. The summed E-state index contributed by atoms with van der Waals surface area (Å²) in [6.45, 7) is 1.38. The van der Waals surface area contributed by atoms with Crippen molar-refractivity contribution in [2.45, 2.75) is 57.4 Å². The number of carbonyl (C=O) groups excluding carboxylic acids is 2. The molecule has 0 saturated heterocycles. The second-order valence-corrected chi connectivity index (χ2v) is 14.3. The number of hydrogen-bond acceptors (Lipinski definition) is 6. The van der Waals surface area contributed by atoms with Crippen LogP contribution >= 0.6 is 0 Å². The molecule has 2 amide bonds. The van der Waals surface area contributed by atoms with E-state index in [9.17, 15) is 18.0 Å². The molecule has 236 valence electrons. The van der Waals surface area contributed by atoms with E-state index < -0.39 is 21.5 Å². The molecule has 3 aliphatic rings. The highest BCUT2D eigenvalue weighted by molar-refractivity contribution is 7.87. The Morgan fingerprint density at radius 1 is 0.932 bits per heavy atom. The van der Waals surface area contributed by atoms with Crippen molar-refractivity contribution < 1.29 is 27.5 Å². The molecule has 2 fully saturated rings. The first-order valence-electron chi connectivity index (χ1n) is 15.6. The lowest BCUT2D eigenvalue weighted by Crippen LogP contribution is -2.43. The summed E-state index contributed by atoms with van der Waals surface area (Å²) in [6.07, 6.45) is 7.22. The minimum Gasteiger partial charge on any atom is -0.497 e. The predicted octanol–water partition coefficient (Wildman–Crippen LogP) is 4.54. The Kier molecular flexibility index (Phi) is 8.47. The Morgan fingerprint density at radius 3 is 2.30 bits per heavy atom. The smallest absolute Gasteiger partial charge is 0.303 e. The first-order valence-corrected chi connectivity index (χ1v) is 17.0. The lowest BCUT2D eigenvalue weighted by Gasteiger charge is -2.26. The van der Waals surface area contributed by atoms with Crippen LogP contribution in [0.4, 0.5) is 0 Å². The minimum absolute atomic E-state index is 0.0715. The second-order valence-electron chi connectivity index (χ2n) is 12.5. The monoisotopic (exact) mass is 622 g/mol. The summed E-state index contributed by atoms with van der Waals surface area (Å²) in [7, 11) is 0.780. The van der Waals surface area contributed by atoms with Gasteiger partial charge in [-0.25, -0.2) is 4.72 Å². The number of ether oxygens (including phenoxy) is 2. The van der Waals surface area contributed by atoms with Crippen molar-refractivity contribution in [2.75, 3.05) is 47.5 Å². The molecular formula is C33H42N4O6S. The topological polar surface area (TPSA) is 110 Å². The number of methoxy groups -OCH3 is 1. The summed E-state index contributed by atoms with van der Waals surface area (Å²) in [5.74, 6) is 0.484. The third kappa shape index (κ3) is 5.84. The van der Waals surface area contributed by atoms with Gasteiger partial charge in [-0.05, 0) is 79.1 Å². The number of likely N-dealkylation sites (N-methyl/N-ethyl adjacent to an activating group) is 2. The molecule has 1 aromatic heterocycles. The maximum absolute atomic E-state index is 13.9. The van der Waals surface area contributed by atoms with E-state index in [-0.39, 0.29) is 31.2 Å². The van der Waals surface area contributed by atoms with Gasteiger partial charge in [0, 0.05) is 50.2 Å². The van der Waals surface area contributed by atoms with Crippen LogP contribution in [0.5, 0.6) is 5.75 Å². The predicted molar refractivity (Wildman–Crippen MR) is 169 cm³/mol. The van der Waals surface area contributed by atoms with Gasteiger partial charge in [0.1, 0.15) is 5.75 Å². The van der Waals surface area contributed by atoms with Crippen LogP contribution in [0.2, 0.25) is 0 Å². The van der Waals surface area contributed by atoms with Crippen LogP contribution in [0.15, 0.2) is 42.5 Å². The fraction of sp³-hybridized carbons (Fsp3) is 0.515. The molecule has 3 aromatic rings. The van der Waals surface area contributed by atoms with Crippen molar-refractivity contribution >= 4 is 32.9 Å². The first kappa shape index (κ1) is 30.6. The summed E-state index contributed by atoms with van der Waals surface area (Å²) in [4.78, 5) is 29.1. The Balaban J connectivity index is 1.56. The molecule has 6 rings (SSSR count). The number of carbonyl (C=O) groups is 2. The van der Waals surface area contributed by atoms with Crippen LogP contribution in [0.3, 0.4) is 0 Å². The maximum Gasteiger partial charge on any atom is 0.303 e. The average Bonchev–Trinajstić information content (AvgIpc) is 3.75. The van der Waals surface area contributed by atoms with E-state index in [2.05, 4.69) is 21.4 Å². The van der Waals surface area contributed by atoms with Crippen LogP contribution in [0.1, 0.15) is 66.8 Å². The molecule has 0 radical (unpaired) electrons. The van der Waals surface area contributed by atoms with E-state index in [1.165, 1.54) is 19.0 Å². The largest absolute Gasteiger partial charge is 0.497 e. The molecule has 10 nitrogen and oxygen atoms in total. The molecule has 2 saturated carbocycles. The Morgan fingerprint density at radius 2 is 1.61 bits per heavy atom. The normalized spacial score (nSPS) is 21.8. The highest BCUT2D eigenvalue weighted by Crippen LogP contribution is 2.52. The summed E-state index contributed by atoms with van der Waals surface area (Å²) < 4.78 is 42.7. The minimum atomic E-state index is -4.08. The molecule has 44 heavy (non-hydrogen) atoms. The number of nitrogens with one attached hydrogen (secondary N) is 1. The Hall–Kier alpha value is -3.41. The Bertz CT molecular complexity index is 1660. The molecular weight excluding hydrogens is 580 g/mol. The van der Waals surface area contributed by atoms with E-state index in [4.69, 9.17) is 9.47 Å². The van der Waals surface area contributed by atoms with Crippen LogP contribution < -0.4 is 9.46 Å². The van der Waals surface area contributed by atoms with Gasteiger partial charge in [-0.3, -0.25) is 9.59 Å². The SMILES string of the molecule is COc1ccc(-c2c(C3CCCCC3)c3ccc4cc3n2CC2(CC2)C(=O)N(C)CCOCCN(C)S(=O)(=O)NC4=O)cc1. The zero-order valence-electron chi connectivity index (χ0n) is 25.8. The van der Waals surface area contributed by atoms with Crippen LogP contribution in [-0.4, -0.2) is 81.5 Å². The molecule has 0 atom stereocenters. The van der Waals surface area contributed by atoms with Gasteiger partial charge in [0.15, 0.2) is 0 Å². The second kappa shape index (κ2) is 12.2. The van der Waals surface area contributed by atoms with E-state index >= 15 is 0 Å². The maximum atomic E-state index is 13.9. The standard InChI is InChI=1S/C33H42N4O6S/c1-35-17-19-43-20-18-36(2)44(40,41)34-31(38)25-11-14-27-28(21-25)37(22-33(15-16-33)32(35)39)30(24-9-12-26(42-3)13-10-24)29(27)23-7-5-4-6-8-23/h9-14,21,23H,4-8,15-20,22H2,1-3H3,(H,34,38). The molecule has 0 unspecified atom stereocenters. The quantitative estimate of drug-likeness (QED) is 0.460. The fourth-order valence-electron chi connectivity index (χ4n) is 6.82. The molecule has 2 aromatic carbocycles. The van der Waals surface area contributed by atoms with Gasteiger partial charge in [0.05, 0.1) is 31.4 Å². The van der Waals surface area contributed by atoms with Crippen molar-refractivity contribution in [1.29, 1.82) is 0 Å². The zero-order valence-corrected chi connectivity index (χ0v) is 26.6. The van der Waals surface area contributed by atoms with Crippen molar-refractivity contribution in [2.24, 2.45) is 5.41 Å². The zero-order chi connectivity index (χ0) is 31.1. The van der Waals surface area contributed by atoms with E-state index in [1.807, 2.05) is 25.2 Å². The van der Waals surface area contributed by atoms with Crippen molar-refractivity contribution in [3.05, 3.63) is 53.6 Å². The number of benzene rings is 2. The lowest BCUT2D eigenvalue weighted by atomic mass is 9.81. The number of aromatic nitrogens is 1. The van der Waals surface area contributed by atoms with Gasteiger partial charge >= 0.3 is 10.2 Å². The first-order chi connectivity index (χ1) is 21.1. The number of nitrogens with zero attached hydrogens (tertiary/aromatic N) is 3. The van der Waals surface area contributed by atoms with E-state index in [1.54, 1.807) is 24.1 Å². The average molecular weight is 623 g/mol. The third-order valence-electron chi connectivity index (χ3n) is 9.61. The fourth-order valence-corrected chi connectivity index (χ4v) is 7.64. The third-order valence-corrected chi connectivity index (χ3v) is 11.1.